The number of carbonyl (C=O) groups is 2. The molecule has 3 N–H and O–H groups in total. The Morgan fingerprint density at radius 2 is 1.56 bits per heavy atom. The molecule has 3 amide bonds. The van der Waals surface area contributed by atoms with Crippen molar-refractivity contribution in [3.05, 3.63) is 58.6 Å². The monoisotopic (exact) mass is 469 g/mol. The summed E-state index contributed by atoms with van der Waals surface area (Å²) in [6.45, 7) is 0. The van der Waals surface area contributed by atoms with Crippen molar-refractivity contribution in [1.29, 1.82) is 0 Å². The molecular weight excluding hydrogens is 459 g/mol. The van der Waals surface area contributed by atoms with Crippen LogP contribution in [0.5, 0.6) is 0 Å². The molecule has 0 aliphatic heterocycles. The highest BCUT2D eigenvalue weighted by Gasteiger charge is 2.37. The maximum atomic E-state index is 12.0. The molecule has 2 aromatic carbocycles. The van der Waals surface area contributed by atoms with Crippen LogP contribution in [-0.4, -0.2) is 22.1 Å². The van der Waals surface area contributed by atoms with Crippen LogP contribution in [0.1, 0.15) is 0 Å². The van der Waals surface area contributed by atoms with Crippen molar-refractivity contribution < 1.29 is 14.3 Å². The quantitative estimate of drug-likeness (QED) is 0.375. The second-order valence-corrected chi connectivity index (χ2v) is 8.23. The lowest BCUT2D eigenvalue weighted by molar-refractivity contribution is 0.0985. The summed E-state index contributed by atoms with van der Waals surface area (Å²) in [6, 6.07) is 12.2. The number of hydrogen-bond donors (Lipinski definition) is 3. The van der Waals surface area contributed by atoms with Crippen LogP contribution in [0.2, 0.25) is 10.0 Å². The molecule has 0 aliphatic carbocycles. The van der Waals surface area contributed by atoms with Crippen molar-refractivity contribution in [2.24, 2.45) is 0 Å². The van der Waals surface area contributed by atoms with E-state index in [0.29, 0.717) is 16.4 Å². The Balaban J connectivity index is 2.00. The smallest absolute Gasteiger partial charge is 0.413 e. The van der Waals surface area contributed by atoms with E-state index in [-0.39, 0.29) is 5.02 Å². The van der Waals surface area contributed by atoms with Gasteiger partial charge < -0.3 is 10.1 Å². The van der Waals surface area contributed by atoms with Crippen LogP contribution >= 0.6 is 58.0 Å². The average molecular weight is 472 g/mol. The second-order valence-electron chi connectivity index (χ2n) is 5.05. The van der Waals surface area contributed by atoms with Gasteiger partial charge in [0, 0.05) is 11.4 Å². The number of ether oxygens (including phenoxy) is 1. The minimum absolute atomic E-state index is 0.229. The van der Waals surface area contributed by atoms with Gasteiger partial charge in [0.1, 0.15) is 0 Å². The van der Waals surface area contributed by atoms with Gasteiger partial charge in [-0.3, -0.25) is 10.6 Å². The number of halogens is 5. The summed E-state index contributed by atoms with van der Waals surface area (Å²) in [5.41, 5.74) is 0.796. The molecule has 144 valence electrons. The second kappa shape index (κ2) is 9.57. The number of para-hydroxylation sites is 1. The van der Waals surface area contributed by atoms with E-state index in [9.17, 15) is 9.59 Å². The van der Waals surface area contributed by atoms with Gasteiger partial charge in [0.05, 0.1) is 10.0 Å². The highest BCUT2D eigenvalue weighted by Crippen LogP contribution is 2.31. The molecule has 0 saturated heterocycles. The third-order valence-corrected chi connectivity index (χ3v) is 4.32. The molecule has 1 atom stereocenters. The van der Waals surface area contributed by atoms with E-state index >= 15 is 0 Å². The molecule has 0 aromatic heterocycles. The van der Waals surface area contributed by atoms with Crippen molar-refractivity contribution in [2.45, 2.75) is 10.0 Å². The number of carbonyl (C=O) groups excluding carboxylic acids is 2. The molecule has 0 spiro atoms. The van der Waals surface area contributed by atoms with E-state index in [2.05, 4.69) is 16.0 Å². The van der Waals surface area contributed by atoms with Crippen molar-refractivity contribution in [2.75, 3.05) is 10.6 Å². The Hall–Kier alpha value is -1.57. The Kier molecular flexibility index (Phi) is 7.70. The van der Waals surface area contributed by atoms with Crippen LogP contribution in [0.15, 0.2) is 48.5 Å². The first-order valence-electron chi connectivity index (χ1n) is 7.27. The van der Waals surface area contributed by atoms with Crippen molar-refractivity contribution in [3.8, 4) is 0 Å². The largest absolute Gasteiger partial charge is 0.421 e. The van der Waals surface area contributed by atoms with Gasteiger partial charge in [-0.2, -0.15) is 0 Å². The SMILES string of the molecule is O=C(Nc1ccccc1)N[C@H](OC(=O)Nc1ccc(Cl)c(Cl)c1)C(Cl)(Cl)Cl. The van der Waals surface area contributed by atoms with E-state index < -0.39 is 22.1 Å². The summed E-state index contributed by atoms with van der Waals surface area (Å²) in [7, 11) is 0. The topological polar surface area (TPSA) is 79.5 Å². The number of rotatable bonds is 4. The zero-order chi connectivity index (χ0) is 20.0. The van der Waals surface area contributed by atoms with Crippen molar-refractivity contribution >= 4 is 81.5 Å². The lowest BCUT2D eigenvalue weighted by Gasteiger charge is -2.25. The molecule has 0 bridgehead atoms. The molecule has 0 heterocycles. The van der Waals surface area contributed by atoms with Crippen molar-refractivity contribution in [1.82, 2.24) is 5.32 Å². The average Bonchev–Trinajstić information content (AvgIpc) is 2.57. The summed E-state index contributed by atoms with van der Waals surface area (Å²) in [4.78, 5) is 24.1. The van der Waals surface area contributed by atoms with Gasteiger partial charge in [-0.05, 0) is 30.3 Å². The first-order chi connectivity index (χ1) is 12.6. The molecular formula is C16H12Cl5N3O3. The number of nitrogens with one attached hydrogen (secondary N) is 3. The van der Waals surface area contributed by atoms with Gasteiger partial charge in [-0.25, -0.2) is 9.59 Å². The fourth-order valence-electron chi connectivity index (χ4n) is 1.81. The molecule has 6 nitrogen and oxygen atoms in total. The number of amides is 3. The van der Waals surface area contributed by atoms with Crippen LogP contribution in [0, 0.1) is 0 Å². The number of hydrogen-bond acceptors (Lipinski definition) is 3. The standard InChI is InChI=1S/C16H12Cl5N3O3/c17-11-7-6-10(8-12(11)18)23-15(26)27-13(16(19,20)21)24-14(25)22-9-4-2-1-3-5-9/h1-8,13H,(H,23,26)(H2,22,24,25)/t13-/m1/s1. The first kappa shape index (κ1) is 21.7. The predicted octanol–water partition coefficient (Wildman–Crippen LogP) is 6.06. The summed E-state index contributed by atoms with van der Waals surface area (Å²) < 4.78 is 2.88. The summed E-state index contributed by atoms with van der Waals surface area (Å²) in [5, 5.41) is 7.70. The molecule has 0 aliphatic rings. The van der Waals surface area contributed by atoms with E-state index in [4.69, 9.17) is 62.7 Å². The van der Waals surface area contributed by atoms with Gasteiger partial charge in [-0.15, -0.1) is 0 Å². The zero-order valence-electron chi connectivity index (χ0n) is 13.3. The maximum absolute atomic E-state index is 12.0. The van der Waals surface area contributed by atoms with E-state index in [0.717, 1.165) is 0 Å². The van der Waals surface area contributed by atoms with Crippen molar-refractivity contribution in [3.63, 3.8) is 0 Å². The van der Waals surface area contributed by atoms with E-state index in [1.165, 1.54) is 18.2 Å². The Bertz CT molecular complexity index is 815. The summed E-state index contributed by atoms with van der Waals surface area (Å²) >= 11 is 29.0. The zero-order valence-corrected chi connectivity index (χ0v) is 17.1. The Morgan fingerprint density at radius 3 is 2.15 bits per heavy atom. The number of alkyl halides is 3. The molecule has 0 fully saturated rings. The molecule has 2 aromatic rings. The molecule has 0 radical (unpaired) electrons. The first-order valence-corrected chi connectivity index (χ1v) is 9.16. The normalized spacial score (nSPS) is 12.0. The lowest BCUT2D eigenvalue weighted by Crippen LogP contribution is -2.48. The van der Waals surface area contributed by atoms with Gasteiger partial charge in [-0.1, -0.05) is 76.2 Å². The van der Waals surface area contributed by atoms with E-state index in [1.807, 2.05) is 0 Å². The van der Waals surface area contributed by atoms with Gasteiger partial charge in [0.15, 0.2) is 0 Å². The highest BCUT2D eigenvalue weighted by molar-refractivity contribution is 6.68. The van der Waals surface area contributed by atoms with Crippen LogP contribution in [0.25, 0.3) is 0 Å². The number of anilines is 2. The Labute approximate surface area is 180 Å². The highest BCUT2D eigenvalue weighted by atomic mass is 35.6. The van der Waals surface area contributed by atoms with Crippen LogP contribution in [-0.2, 0) is 4.74 Å². The number of urea groups is 1. The minimum atomic E-state index is -2.12. The van der Waals surface area contributed by atoms with Gasteiger partial charge >= 0.3 is 12.1 Å². The fraction of sp³-hybridized carbons (Fsp3) is 0.125. The maximum Gasteiger partial charge on any atom is 0.413 e. The lowest BCUT2D eigenvalue weighted by atomic mass is 10.3. The van der Waals surface area contributed by atoms with Crippen LogP contribution in [0.4, 0.5) is 21.0 Å². The Morgan fingerprint density at radius 1 is 0.889 bits per heavy atom. The minimum Gasteiger partial charge on any atom is -0.421 e. The fourth-order valence-corrected chi connectivity index (χ4v) is 2.41. The summed E-state index contributed by atoms with van der Waals surface area (Å²) in [6.07, 6.45) is -2.56. The van der Waals surface area contributed by atoms with E-state index in [1.54, 1.807) is 30.3 Å². The third-order valence-electron chi connectivity index (χ3n) is 2.98. The number of benzene rings is 2. The molecule has 2 rings (SSSR count). The van der Waals surface area contributed by atoms with Gasteiger partial charge in [0.2, 0.25) is 10.0 Å². The van der Waals surface area contributed by atoms with Crippen LogP contribution in [0.3, 0.4) is 0 Å². The molecule has 0 unspecified atom stereocenters. The van der Waals surface area contributed by atoms with Crippen LogP contribution < -0.4 is 16.0 Å². The molecule has 11 heteroatoms. The predicted molar refractivity (Wildman–Crippen MR) is 109 cm³/mol. The third kappa shape index (κ3) is 7.16. The summed E-state index contributed by atoms with van der Waals surface area (Å²) in [5.74, 6) is 0. The molecule has 0 saturated carbocycles. The van der Waals surface area contributed by atoms with Gasteiger partial charge in [0.25, 0.3) is 0 Å². The molecule has 27 heavy (non-hydrogen) atoms.